The molecular weight excluding hydrogens is 547 g/mol. The SMILES string of the molecule is CN1CCC(C=O)C1.CNc1cc(-c2cc(-c3cc(NC(=O)c4cc(C(F)(F)F)cnn4)ccc3C)ccn2)ccn1. The molecule has 1 saturated heterocycles. The molecule has 0 saturated carbocycles. The second-order valence-electron chi connectivity index (χ2n) is 9.87. The normalized spacial score (nSPS) is 15.0. The van der Waals surface area contributed by atoms with Gasteiger partial charge in [-0.05, 0) is 86.1 Å². The Morgan fingerprint density at radius 2 is 1.81 bits per heavy atom. The van der Waals surface area contributed by atoms with Crippen LogP contribution in [0.15, 0.2) is 67.1 Å². The molecule has 1 aliphatic rings. The smallest absolute Gasteiger partial charge is 0.373 e. The summed E-state index contributed by atoms with van der Waals surface area (Å²) < 4.78 is 38.8. The van der Waals surface area contributed by atoms with E-state index in [4.69, 9.17) is 0 Å². The van der Waals surface area contributed by atoms with E-state index in [2.05, 4.69) is 35.7 Å². The fourth-order valence-corrected chi connectivity index (χ4v) is 4.40. The van der Waals surface area contributed by atoms with Crippen LogP contribution in [0.1, 0.15) is 28.0 Å². The lowest BCUT2D eigenvalue weighted by Gasteiger charge is -2.12. The summed E-state index contributed by atoms with van der Waals surface area (Å²) in [5.41, 5.74) is 3.19. The third kappa shape index (κ3) is 7.72. The molecule has 9 nitrogen and oxygen atoms in total. The van der Waals surface area contributed by atoms with Gasteiger partial charge in [0.15, 0.2) is 5.69 Å². The fraction of sp³-hybridized carbons (Fsp3) is 0.267. The van der Waals surface area contributed by atoms with Crippen molar-refractivity contribution in [2.45, 2.75) is 19.5 Å². The first-order valence-corrected chi connectivity index (χ1v) is 13.1. The zero-order valence-corrected chi connectivity index (χ0v) is 23.3. The third-order valence-electron chi connectivity index (χ3n) is 6.71. The largest absolute Gasteiger partial charge is 0.418 e. The second-order valence-corrected chi connectivity index (χ2v) is 9.87. The maximum atomic E-state index is 12.9. The minimum absolute atomic E-state index is 0.319. The summed E-state index contributed by atoms with van der Waals surface area (Å²) in [6.07, 6.45) is 1.44. The van der Waals surface area contributed by atoms with Crippen LogP contribution in [0, 0.1) is 12.8 Å². The van der Waals surface area contributed by atoms with E-state index < -0.39 is 23.3 Å². The summed E-state index contributed by atoms with van der Waals surface area (Å²) in [5, 5.41) is 12.4. The average Bonchev–Trinajstić information content (AvgIpc) is 3.43. The minimum atomic E-state index is -4.62. The van der Waals surface area contributed by atoms with E-state index in [9.17, 15) is 22.8 Å². The van der Waals surface area contributed by atoms with Crippen LogP contribution in [0.4, 0.5) is 24.7 Å². The number of carbonyl (C=O) groups excluding carboxylic acids is 2. The highest BCUT2D eigenvalue weighted by molar-refractivity contribution is 6.03. The van der Waals surface area contributed by atoms with Crippen molar-refractivity contribution in [3.8, 4) is 22.4 Å². The van der Waals surface area contributed by atoms with Crippen molar-refractivity contribution >= 4 is 23.7 Å². The Morgan fingerprint density at radius 1 is 1.05 bits per heavy atom. The summed E-state index contributed by atoms with van der Waals surface area (Å²) >= 11 is 0. The molecule has 2 N–H and O–H groups in total. The van der Waals surface area contributed by atoms with Gasteiger partial charge in [0, 0.05) is 43.2 Å². The number of carbonyl (C=O) groups is 2. The van der Waals surface area contributed by atoms with Crippen molar-refractivity contribution in [1.82, 2.24) is 25.1 Å². The number of aldehydes is 1. The third-order valence-corrected chi connectivity index (χ3v) is 6.71. The topological polar surface area (TPSA) is 113 Å². The Balaban J connectivity index is 0.000000437. The molecule has 0 bridgehead atoms. The first-order valence-electron chi connectivity index (χ1n) is 13.1. The Labute approximate surface area is 241 Å². The van der Waals surface area contributed by atoms with Gasteiger partial charge in [0.25, 0.3) is 5.91 Å². The number of rotatable bonds is 6. The Bertz CT molecular complexity index is 1560. The monoisotopic (exact) mass is 577 g/mol. The second kappa shape index (κ2) is 13.3. The zero-order valence-electron chi connectivity index (χ0n) is 23.3. The van der Waals surface area contributed by atoms with Gasteiger partial charge in [-0.1, -0.05) is 6.07 Å². The molecule has 0 spiro atoms. The van der Waals surface area contributed by atoms with Gasteiger partial charge in [0.1, 0.15) is 12.1 Å². The molecule has 1 atom stereocenters. The van der Waals surface area contributed by atoms with Gasteiger partial charge in [-0.2, -0.15) is 18.3 Å². The number of pyridine rings is 2. The average molecular weight is 578 g/mol. The first kappa shape index (κ1) is 30.3. The lowest BCUT2D eigenvalue weighted by molar-refractivity contribution is -0.138. The van der Waals surface area contributed by atoms with Gasteiger partial charge in [0.2, 0.25) is 0 Å². The number of benzene rings is 1. The van der Waals surface area contributed by atoms with E-state index in [1.54, 1.807) is 31.6 Å². The summed E-state index contributed by atoms with van der Waals surface area (Å²) in [4.78, 5) is 33.5. The molecule has 1 unspecified atom stereocenters. The summed E-state index contributed by atoms with van der Waals surface area (Å²) in [6.45, 7) is 3.97. The first-order chi connectivity index (χ1) is 20.1. The van der Waals surface area contributed by atoms with Crippen LogP contribution < -0.4 is 10.6 Å². The lowest BCUT2D eigenvalue weighted by atomic mass is 9.99. The number of aromatic nitrogens is 4. The number of hydrogen-bond donors (Lipinski definition) is 2. The Morgan fingerprint density at radius 3 is 2.48 bits per heavy atom. The van der Waals surface area contributed by atoms with Gasteiger partial charge < -0.3 is 20.3 Å². The highest BCUT2D eigenvalue weighted by Crippen LogP contribution is 2.31. The van der Waals surface area contributed by atoms with E-state index in [-0.39, 0.29) is 0 Å². The van der Waals surface area contributed by atoms with Gasteiger partial charge in [0.05, 0.1) is 17.5 Å². The molecule has 218 valence electrons. The van der Waals surface area contributed by atoms with E-state index in [1.165, 1.54) is 0 Å². The number of likely N-dealkylation sites (tertiary alicyclic amines) is 1. The molecule has 0 radical (unpaired) electrons. The lowest BCUT2D eigenvalue weighted by Crippen LogP contribution is -2.16. The number of anilines is 2. The number of halogens is 3. The van der Waals surface area contributed by atoms with Crippen LogP contribution >= 0.6 is 0 Å². The van der Waals surface area contributed by atoms with Crippen molar-refractivity contribution in [3.63, 3.8) is 0 Å². The Kier molecular flexibility index (Phi) is 9.58. The van der Waals surface area contributed by atoms with Crippen LogP contribution in [0.3, 0.4) is 0 Å². The summed E-state index contributed by atoms with van der Waals surface area (Å²) in [5.74, 6) is 0.239. The number of alkyl halides is 3. The van der Waals surface area contributed by atoms with Crippen LogP contribution in [0.2, 0.25) is 0 Å². The molecule has 42 heavy (non-hydrogen) atoms. The molecule has 3 aromatic heterocycles. The molecular formula is C30H30F3N7O2. The number of nitrogens with zero attached hydrogens (tertiary/aromatic N) is 5. The van der Waals surface area contributed by atoms with Gasteiger partial charge >= 0.3 is 6.18 Å². The maximum absolute atomic E-state index is 12.9. The molecule has 4 heterocycles. The molecule has 0 aliphatic carbocycles. The summed E-state index contributed by atoms with van der Waals surface area (Å²) in [6, 6.07) is 13.4. The van der Waals surface area contributed by atoms with Crippen LogP contribution in [-0.2, 0) is 11.0 Å². The van der Waals surface area contributed by atoms with Gasteiger partial charge in [-0.3, -0.25) is 9.78 Å². The predicted octanol–water partition coefficient (Wildman–Crippen LogP) is 5.36. The van der Waals surface area contributed by atoms with E-state index in [0.29, 0.717) is 29.7 Å². The van der Waals surface area contributed by atoms with Crippen molar-refractivity contribution in [1.29, 1.82) is 0 Å². The molecule has 1 aliphatic heterocycles. The van der Waals surface area contributed by atoms with Crippen molar-refractivity contribution in [3.05, 3.63) is 83.9 Å². The predicted molar refractivity (Wildman–Crippen MR) is 154 cm³/mol. The van der Waals surface area contributed by atoms with Crippen molar-refractivity contribution in [2.24, 2.45) is 5.92 Å². The molecule has 5 rings (SSSR count). The number of aryl methyl sites for hydroxylation is 1. The fourth-order valence-electron chi connectivity index (χ4n) is 4.40. The molecule has 12 heteroatoms. The van der Waals surface area contributed by atoms with Crippen molar-refractivity contribution < 1.29 is 22.8 Å². The highest BCUT2D eigenvalue weighted by atomic mass is 19.4. The molecule has 1 amide bonds. The zero-order chi connectivity index (χ0) is 30.3. The van der Waals surface area contributed by atoms with Crippen LogP contribution in [0.5, 0.6) is 0 Å². The minimum Gasteiger partial charge on any atom is -0.373 e. The number of hydrogen-bond acceptors (Lipinski definition) is 8. The molecule has 4 aromatic rings. The maximum Gasteiger partial charge on any atom is 0.418 e. The molecule has 1 aromatic carbocycles. The quantitative estimate of drug-likeness (QED) is 0.295. The molecule has 1 fully saturated rings. The van der Waals surface area contributed by atoms with Gasteiger partial charge in [-0.15, -0.1) is 5.10 Å². The van der Waals surface area contributed by atoms with E-state index in [0.717, 1.165) is 53.7 Å². The number of amides is 1. The number of nitrogens with one attached hydrogen (secondary N) is 2. The Hall–Kier alpha value is -4.71. The van der Waals surface area contributed by atoms with E-state index in [1.807, 2.05) is 44.3 Å². The standard InChI is InChI=1S/C24H19F3N6O.C6H11NO/c1-14-3-4-18(32-23(34)21-11-17(13-31-33-21)24(25,26)27)12-19(14)15-5-7-29-20(9-15)16-6-8-30-22(10-16)28-2;1-7-3-2-6(4-7)5-8/h3-13H,1-2H3,(H,28,30)(H,32,34);5-6H,2-4H2,1H3. The van der Waals surface area contributed by atoms with Crippen LogP contribution in [-0.4, -0.2) is 64.4 Å². The highest BCUT2D eigenvalue weighted by Gasteiger charge is 2.32. The summed E-state index contributed by atoms with van der Waals surface area (Å²) in [7, 11) is 3.83. The van der Waals surface area contributed by atoms with E-state index >= 15 is 0 Å². The van der Waals surface area contributed by atoms with Gasteiger partial charge in [-0.25, -0.2) is 4.98 Å². The van der Waals surface area contributed by atoms with Crippen LogP contribution in [0.25, 0.3) is 22.4 Å². The van der Waals surface area contributed by atoms with Crippen molar-refractivity contribution in [2.75, 3.05) is 37.8 Å².